The fraction of sp³-hybridized carbons (Fsp3) is 0.300. The summed E-state index contributed by atoms with van der Waals surface area (Å²) in [5, 5.41) is 22.7. The molecule has 0 heterocycles. The quantitative estimate of drug-likeness (QED) is 0.357. The van der Waals surface area contributed by atoms with Crippen LogP contribution < -0.4 is 14.9 Å². The summed E-state index contributed by atoms with van der Waals surface area (Å²) in [5.74, 6) is 0.623. The number of nitrogens with zero attached hydrogens (tertiary/aromatic N) is 1. The van der Waals surface area contributed by atoms with Crippen molar-refractivity contribution in [3.63, 3.8) is 0 Å². The number of phenolic OH excluding ortho intramolecular Hbond substituents is 2. The van der Waals surface area contributed by atoms with Crippen LogP contribution in [0.15, 0.2) is 41.5 Å². The lowest BCUT2D eigenvalue weighted by Crippen LogP contribution is -2.17. The summed E-state index contributed by atoms with van der Waals surface area (Å²) in [4.78, 5) is 11.9. The Morgan fingerprint density at radius 3 is 2.67 bits per heavy atom. The second-order valence-corrected chi connectivity index (χ2v) is 5.88. The van der Waals surface area contributed by atoms with E-state index in [1.54, 1.807) is 25.3 Å². The van der Waals surface area contributed by atoms with Gasteiger partial charge >= 0.3 is 0 Å². The van der Waals surface area contributed by atoms with E-state index in [1.165, 1.54) is 18.3 Å². The molecule has 144 valence electrons. The zero-order valence-electron chi connectivity index (χ0n) is 15.4. The molecule has 3 N–H and O–H groups in total. The maximum Gasteiger partial charge on any atom is 0.240 e. The molecule has 0 fully saturated rings. The molecule has 2 rings (SSSR count). The minimum Gasteiger partial charge on any atom is -0.504 e. The fourth-order valence-corrected chi connectivity index (χ4v) is 2.31. The molecule has 0 bridgehead atoms. The lowest BCUT2D eigenvalue weighted by molar-refractivity contribution is -0.121. The molecular formula is C20H24N2O5. The van der Waals surface area contributed by atoms with Crippen LogP contribution in [0.2, 0.25) is 0 Å². The Balaban J connectivity index is 1.86. The Morgan fingerprint density at radius 1 is 1.15 bits per heavy atom. The van der Waals surface area contributed by atoms with Crippen LogP contribution in [0.4, 0.5) is 0 Å². The van der Waals surface area contributed by atoms with Crippen molar-refractivity contribution in [2.24, 2.45) is 5.10 Å². The number of hydrazone groups is 1. The Labute approximate surface area is 158 Å². The van der Waals surface area contributed by atoms with E-state index in [4.69, 9.17) is 9.47 Å². The molecule has 0 aliphatic carbocycles. The number of aryl methyl sites for hydroxylation is 1. The van der Waals surface area contributed by atoms with Crippen LogP contribution in [0.3, 0.4) is 0 Å². The van der Waals surface area contributed by atoms with Crippen molar-refractivity contribution in [3.05, 3.63) is 47.5 Å². The molecular weight excluding hydrogens is 348 g/mol. The molecule has 7 heteroatoms. The second-order valence-electron chi connectivity index (χ2n) is 5.88. The molecule has 0 saturated carbocycles. The number of carbonyl (C=O) groups excluding carboxylic acids is 1. The number of carbonyl (C=O) groups is 1. The van der Waals surface area contributed by atoms with Crippen LogP contribution in [-0.2, 0) is 11.2 Å². The third-order valence-corrected chi connectivity index (χ3v) is 3.73. The number of nitrogens with one attached hydrogen (secondary N) is 1. The van der Waals surface area contributed by atoms with Gasteiger partial charge in [0.1, 0.15) is 0 Å². The third kappa shape index (κ3) is 6.22. The summed E-state index contributed by atoms with van der Waals surface area (Å²) in [6.07, 6.45) is 3.06. The predicted molar refractivity (Wildman–Crippen MR) is 103 cm³/mol. The van der Waals surface area contributed by atoms with Crippen molar-refractivity contribution in [3.8, 4) is 23.0 Å². The van der Waals surface area contributed by atoms with E-state index in [-0.39, 0.29) is 23.8 Å². The Hall–Kier alpha value is -3.22. The van der Waals surface area contributed by atoms with Crippen molar-refractivity contribution in [2.45, 2.75) is 26.2 Å². The van der Waals surface area contributed by atoms with E-state index in [9.17, 15) is 15.0 Å². The first-order chi connectivity index (χ1) is 13.0. The van der Waals surface area contributed by atoms with Gasteiger partial charge in [-0.05, 0) is 54.3 Å². The maximum absolute atomic E-state index is 11.9. The van der Waals surface area contributed by atoms with Gasteiger partial charge in [0.15, 0.2) is 23.0 Å². The molecule has 2 aromatic rings. The number of ether oxygens (including phenoxy) is 2. The number of hydrogen-bond donors (Lipinski definition) is 3. The largest absolute Gasteiger partial charge is 0.504 e. The molecule has 7 nitrogen and oxygen atoms in total. The summed E-state index contributed by atoms with van der Waals surface area (Å²) in [5.41, 5.74) is 3.97. The fourth-order valence-electron chi connectivity index (χ4n) is 2.31. The second kappa shape index (κ2) is 10.1. The number of hydrogen-bond acceptors (Lipinski definition) is 6. The summed E-state index contributed by atoms with van der Waals surface area (Å²) in [6, 6.07) is 9.87. The predicted octanol–water partition coefficient (Wildman–Crippen LogP) is 2.98. The molecule has 0 saturated heterocycles. The number of amides is 1. The molecule has 2 aromatic carbocycles. The molecule has 1 amide bonds. The van der Waals surface area contributed by atoms with Crippen LogP contribution in [0.1, 0.15) is 30.9 Å². The first kappa shape index (κ1) is 20.1. The van der Waals surface area contributed by atoms with E-state index in [2.05, 4.69) is 10.5 Å². The van der Waals surface area contributed by atoms with Crippen LogP contribution in [0, 0.1) is 0 Å². The minimum absolute atomic E-state index is 0.186. The average Bonchev–Trinajstić information content (AvgIpc) is 2.67. The Morgan fingerprint density at radius 2 is 1.96 bits per heavy atom. The van der Waals surface area contributed by atoms with Crippen LogP contribution >= 0.6 is 0 Å². The molecule has 0 aromatic heterocycles. The lowest BCUT2D eigenvalue weighted by atomic mass is 10.1. The van der Waals surface area contributed by atoms with E-state index < -0.39 is 0 Å². The standard InChI is InChI=1S/C20H24N2O5/c1-3-10-27-18-8-5-15(12-19(18)26-2)13-21-22-20(25)9-6-14-4-7-16(23)17(24)11-14/h4-5,7-8,11-13,23-24H,3,6,9-10H2,1-2H3,(H,22,25)/b21-13+. The maximum atomic E-state index is 11.9. The zero-order valence-corrected chi connectivity index (χ0v) is 15.4. The minimum atomic E-state index is -0.256. The number of methoxy groups -OCH3 is 1. The number of rotatable bonds is 9. The van der Waals surface area contributed by atoms with Crippen LogP contribution in [-0.4, -0.2) is 36.1 Å². The monoisotopic (exact) mass is 372 g/mol. The van der Waals surface area contributed by atoms with Crippen molar-refractivity contribution in [2.75, 3.05) is 13.7 Å². The first-order valence-electron chi connectivity index (χ1n) is 8.67. The van der Waals surface area contributed by atoms with Crippen molar-refractivity contribution in [1.82, 2.24) is 5.43 Å². The highest BCUT2D eigenvalue weighted by Crippen LogP contribution is 2.27. The third-order valence-electron chi connectivity index (χ3n) is 3.73. The van der Waals surface area contributed by atoms with Crippen molar-refractivity contribution >= 4 is 12.1 Å². The summed E-state index contributed by atoms with van der Waals surface area (Å²) in [6.45, 7) is 2.64. The smallest absolute Gasteiger partial charge is 0.240 e. The van der Waals surface area contributed by atoms with E-state index in [0.717, 1.165) is 17.5 Å². The highest BCUT2D eigenvalue weighted by Gasteiger charge is 2.06. The van der Waals surface area contributed by atoms with E-state index in [0.29, 0.717) is 24.5 Å². The highest BCUT2D eigenvalue weighted by molar-refractivity contribution is 5.83. The SMILES string of the molecule is CCCOc1ccc(/C=N/NC(=O)CCc2ccc(O)c(O)c2)cc1OC. The number of aromatic hydroxyl groups is 2. The van der Waals surface area contributed by atoms with Crippen LogP contribution in [0.5, 0.6) is 23.0 Å². The van der Waals surface area contributed by atoms with Crippen molar-refractivity contribution in [1.29, 1.82) is 0 Å². The van der Waals surface area contributed by atoms with E-state index in [1.807, 2.05) is 13.0 Å². The number of phenols is 2. The van der Waals surface area contributed by atoms with Crippen molar-refractivity contribution < 1.29 is 24.5 Å². The van der Waals surface area contributed by atoms with E-state index >= 15 is 0 Å². The Kier molecular flexibility index (Phi) is 7.49. The van der Waals surface area contributed by atoms with Gasteiger partial charge in [0.05, 0.1) is 19.9 Å². The summed E-state index contributed by atoms with van der Waals surface area (Å²) >= 11 is 0. The summed E-state index contributed by atoms with van der Waals surface area (Å²) < 4.78 is 10.9. The van der Waals surface area contributed by atoms with Gasteiger partial charge in [-0.15, -0.1) is 0 Å². The molecule has 0 unspecified atom stereocenters. The molecule has 0 radical (unpaired) electrons. The average molecular weight is 372 g/mol. The van der Waals surface area contributed by atoms with Gasteiger partial charge in [-0.1, -0.05) is 13.0 Å². The van der Waals surface area contributed by atoms with Gasteiger partial charge in [0.2, 0.25) is 5.91 Å². The molecule has 0 atom stereocenters. The van der Waals surface area contributed by atoms with Gasteiger partial charge in [-0.25, -0.2) is 5.43 Å². The van der Waals surface area contributed by atoms with Gasteiger partial charge in [-0.3, -0.25) is 4.79 Å². The topological polar surface area (TPSA) is 100 Å². The van der Waals surface area contributed by atoms with Crippen LogP contribution in [0.25, 0.3) is 0 Å². The van der Waals surface area contributed by atoms with Gasteiger partial charge in [0, 0.05) is 6.42 Å². The normalized spacial score (nSPS) is 10.7. The molecule has 27 heavy (non-hydrogen) atoms. The Bertz CT molecular complexity index is 805. The summed E-state index contributed by atoms with van der Waals surface area (Å²) in [7, 11) is 1.57. The lowest BCUT2D eigenvalue weighted by Gasteiger charge is -2.10. The number of benzene rings is 2. The molecule has 0 aliphatic rings. The van der Waals surface area contributed by atoms with Gasteiger partial charge in [0.25, 0.3) is 0 Å². The first-order valence-corrected chi connectivity index (χ1v) is 8.67. The zero-order chi connectivity index (χ0) is 19.6. The molecule has 0 aliphatic heterocycles. The molecule has 0 spiro atoms. The van der Waals surface area contributed by atoms with Gasteiger partial charge < -0.3 is 19.7 Å². The highest BCUT2D eigenvalue weighted by atomic mass is 16.5. The van der Waals surface area contributed by atoms with Gasteiger partial charge in [-0.2, -0.15) is 5.10 Å².